The van der Waals surface area contributed by atoms with Crippen molar-refractivity contribution in [2.45, 2.75) is 91.0 Å². The minimum atomic E-state index is -1.18. The molecule has 0 saturated carbocycles. The Labute approximate surface area is 252 Å². The highest BCUT2D eigenvalue weighted by molar-refractivity contribution is 5.93. The average molecular weight is 576 g/mol. The number of carbonyl (C=O) groups is 3. The molecule has 6 nitrogen and oxygen atoms in total. The van der Waals surface area contributed by atoms with Crippen LogP contribution in [0.25, 0.3) is 0 Å². The van der Waals surface area contributed by atoms with Crippen LogP contribution in [0, 0.1) is 5.92 Å². The van der Waals surface area contributed by atoms with Crippen molar-refractivity contribution in [3.05, 3.63) is 103 Å². The van der Waals surface area contributed by atoms with Crippen LogP contribution in [0.4, 0.5) is 0 Å². The van der Waals surface area contributed by atoms with Crippen LogP contribution in [-0.4, -0.2) is 29.0 Å². The van der Waals surface area contributed by atoms with Crippen LogP contribution in [0.5, 0.6) is 5.75 Å². The summed E-state index contributed by atoms with van der Waals surface area (Å²) in [5.41, 5.74) is -0.100. The maximum Gasteiger partial charge on any atom is 0.339 e. The maximum absolute atomic E-state index is 12.8. The van der Waals surface area contributed by atoms with Gasteiger partial charge in [0, 0.05) is 6.42 Å². The zero-order valence-corrected chi connectivity index (χ0v) is 25.5. The van der Waals surface area contributed by atoms with Gasteiger partial charge in [0.15, 0.2) is 0 Å². The second-order valence-corrected chi connectivity index (χ2v) is 10.3. The lowest BCUT2D eigenvalue weighted by atomic mass is 10.0. The van der Waals surface area contributed by atoms with Crippen molar-refractivity contribution in [1.29, 1.82) is 0 Å². The number of esters is 1. The Morgan fingerprint density at radius 1 is 0.786 bits per heavy atom. The first-order chi connectivity index (χ1) is 20.3. The molecule has 0 aromatic heterocycles. The Hall–Kier alpha value is -3.93. The van der Waals surface area contributed by atoms with E-state index in [0.717, 1.165) is 44.9 Å². The second-order valence-electron chi connectivity index (χ2n) is 10.3. The topological polar surface area (TPSA) is 92.7 Å². The molecule has 2 N–H and O–H groups in total. The van der Waals surface area contributed by atoms with Crippen LogP contribution < -0.4 is 10.1 Å². The molecular weight excluding hydrogens is 526 g/mol. The molecule has 0 heterocycles. The third-order valence-corrected chi connectivity index (χ3v) is 6.03. The molecule has 1 atom stereocenters. The van der Waals surface area contributed by atoms with Crippen molar-refractivity contribution in [3.8, 4) is 5.75 Å². The van der Waals surface area contributed by atoms with Gasteiger partial charge in [0.25, 0.3) is 0 Å². The minimum Gasteiger partial charge on any atom is -0.478 e. The van der Waals surface area contributed by atoms with Crippen LogP contribution in [0.2, 0.25) is 0 Å². The molecule has 0 bridgehead atoms. The summed E-state index contributed by atoms with van der Waals surface area (Å²) in [5.74, 6) is -1.97. The summed E-state index contributed by atoms with van der Waals surface area (Å²) in [7, 11) is 0. The summed E-state index contributed by atoms with van der Waals surface area (Å²) in [6, 6.07) is 5.12. The van der Waals surface area contributed by atoms with Gasteiger partial charge in [-0.05, 0) is 75.8 Å². The number of para-hydroxylation sites is 1. The van der Waals surface area contributed by atoms with Crippen LogP contribution in [0.15, 0.2) is 97.2 Å². The van der Waals surface area contributed by atoms with E-state index in [1.54, 1.807) is 12.1 Å². The molecule has 0 saturated heterocycles. The Morgan fingerprint density at radius 2 is 1.29 bits per heavy atom. The molecule has 1 aromatic rings. The number of allylic oxidation sites excluding steroid dienone is 12. The summed E-state index contributed by atoms with van der Waals surface area (Å²) in [6.07, 6.45) is 33.8. The lowest BCUT2D eigenvalue weighted by Crippen LogP contribution is -2.43. The molecule has 0 fully saturated rings. The number of aromatic carboxylic acids is 1. The lowest BCUT2D eigenvalue weighted by Gasteiger charge is -2.19. The fourth-order valence-corrected chi connectivity index (χ4v) is 3.88. The second kappa shape index (κ2) is 23.7. The van der Waals surface area contributed by atoms with Gasteiger partial charge < -0.3 is 15.2 Å². The zero-order valence-electron chi connectivity index (χ0n) is 25.5. The van der Waals surface area contributed by atoms with Crippen molar-refractivity contribution < 1.29 is 24.2 Å². The van der Waals surface area contributed by atoms with E-state index in [1.165, 1.54) is 12.1 Å². The lowest BCUT2D eigenvalue weighted by molar-refractivity contribution is -0.139. The van der Waals surface area contributed by atoms with E-state index < -0.39 is 18.0 Å². The van der Waals surface area contributed by atoms with Crippen molar-refractivity contribution >= 4 is 17.8 Å². The summed E-state index contributed by atoms with van der Waals surface area (Å²) in [6.45, 7) is 6.03. The van der Waals surface area contributed by atoms with Crippen molar-refractivity contribution in [2.24, 2.45) is 5.92 Å². The molecular formula is C36H49NO5. The van der Waals surface area contributed by atoms with Crippen molar-refractivity contribution in [3.63, 3.8) is 0 Å². The fraction of sp³-hybridized carbons (Fsp3) is 0.417. The predicted molar refractivity (Wildman–Crippen MR) is 172 cm³/mol. The molecule has 0 aliphatic carbocycles. The third-order valence-electron chi connectivity index (χ3n) is 6.03. The van der Waals surface area contributed by atoms with Crippen LogP contribution >= 0.6 is 0 Å². The number of amides is 1. The molecule has 6 heteroatoms. The van der Waals surface area contributed by atoms with Gasteiger partial charge in [-0.3, -0.25) is 4.79 Å². The Balaban J connectivity index is 2.27. The van der Waals surface area contributed by atoms with E-state index in [0.29, 0.717) is 19.3 Å². The van der Waals surface area contributed by atoms with Gasteiger partial charge in [0.2, 0.25) is 5.91 Å². The molecule has 1 aromatic carbocycles. The minimum absolute atomic E-state index is 0.0318. The van der Waals surface area contributed by atoms with Gasteiger partial charge in [0.1, 0.15) is 17.4 Å². The highest BCUT2D eigenvalue weighted by atomic mass is 16.5. The molecule has 228 valence electrons. The first-order valence-corrected chi connectivity index (χ1v) is 15.1. The first-order valence-electron chi connectivity index (χ1n) is 15.1. The van der Waals surface area contributed by atoms with Crippen LogP contribution in [0.1, 0.15) is 95.3 Å². The molecule has 0 aliphatic heterocycles. The third kappa shape index (κ3) is 18.4. The molecule has 1 amide bonds. The van der Waals surface area contributed by atoms with Gasteiger partial charge in [-0.1, -0.05) is 106 Å². The number of carboxylic acid groups (broad SMARTS) is 1. The SMILES string of the molecule is CC/C=C\C/C=C\C/C=C\C/C=C\C/C=C\C/C=C\CCCC(=O)NC(CC(C)C)C(=O)Oc1ccccc1C(=O)O. The number of carboxylic acids is 1. The van der Waals surface area contributed by atoms with Gasteiger partial charge in [0.05, 0.1) is 0 Å². The van der Waals surface area contributed by atoms with Gasteiger partial charge in [-0.15, -0.1) is 0 Å². The number of rotatable bonds is 21. The van der Waals surface area contributed by atoms with Gasteiger partial charge in [-0.2, -0.15) is 0 Å². The number of hydrogen-bond acceptors (Lipinski definition) is 4. The first kappa shape index (κ1) is 36.1. The van der Waals surface area contributed by atoms with E-state index in [-0.39, 0.29) is 23.1 Å². The largest absolute Gasteiger partial charge is 0.478 e. The summed E-state index contributed by atoms with van der Waals surface area (Å²) >= 11 is 0. The zero-order chi connectivity index (χ0) is 30.8. The van der Waals surface area contributed by atoms with E-state index in [9.17, 15) is 19.5 Å². The normalized spacial score (nSPS) is 13.0. The molecule has 0 radical (unpaired) electrons. The number of ether oxygens (including phenoxy) is 1. The van der Waals surface area contributed by atoms with E-state index in [1.807, 2.05) is 13.8 Å². The molecule has 1 unspecified atom stereocenters. The highest BCUT2D eigenvalue weighted by Crippen LogP contribution is 2.19. The average Bonchev–Trinajstić information content (AvgIpc) is 2.95. The number of hydrogen-bond donors (Lipinski definition) is 2. The molecule has 1 rings (SSSR count). The molecule has 0 aliphatic rings. The fourth-order valence-electron chi connectivity index (χ4n) is 3.88. The summed E-state index contributed by atoms with van der Waals surface area (Å²) < 4.78 is 5.36. The van der Waals surface area contributed by atoms with Crippen LogP contribution in [-0.2, 0) is 9.59 Å². The van der Waals surface area contributed by atoms with E-state index >= 15 is 0 Å². The smallest absolute Gasteiger partial charge is 0.339 e. The Kier molecular flexibility index (Phi) is 20.4. The number of nitrogens with one attached hydrogen (secondary N) is 1. The molecule has 42 heavy (non-hydrogen) atoms. The van der Waals surface area contributed by atoms with Crippen molar-refractivity contribution in [2.75, 3.05) is 0 Å². The number of carbonyl (C=O) groups excluding carboxylic acids is 2. The highest BCUT2D eigenvalue weighted by Gasteiger charge is 2.25. The molecule has 0 spiro atoms. The van der Waals surface area contributed by atoms with E-state index in [4.69, 9.17) is 4.74 Å². The Bertz CT molecular complexity index is 1110. The van der Waals surface area contributed by atoms with E-state index in [2.05, 4.69) is 85.2 Å². The van der Waals surface area contributed by atoms with Gasteiger partial charge >= 0.3 is 11.9 Å². The maximum atomic E-state index is 12.8. The summed E-state index contributed by atoms with van der Waals surface area (Å²) in [4.78, 5) is 36.7. The monoisotopic (exact) mass is 575 g/mol. The number of benzene rings is 1. The number of unbranched alkanes of at least 4 members (excludes halogenated alkanes) is 1. The summed E-state index contributed by atoms with van der Waals surface area (Å²) in [5, 5.41) is 12.1. The van der Waals surface area contributed by atoms with Crippen LogP contribution in [0.3, 0.4) is 0 Å². The van der Waals surface area contributed by atoms with Gasteiger partial charge in [-0.25, -0.2) is 9.59 Å². The predicted octanol–water partition coefficient (Wildman–Crippen LogP) is 8.69. The quantitative estimate of drug-likeness (QED) is 0.0662. The van der Waals surface area contributed by atoms with Crippen molar-refractivity contribution in [1.82, 2.24) is 5.32 Å². The standard InChI is InChI=1S/C36H49NO5/c1-4-5-6-7-8-9-10-11-12-13-14-15-16-17-18-19-20-21-22-23-28-34(38)37-32(29-30(2)3)36(41)42-33-27-25-24-26-31(33)35(39)40/h5-6,8-9,11-12,14-15,17-18,20-21,24-27,30,32H,4,7,10,13,16,19,22-23,28-29H2,1-3H3,(H,37,38)(H,39,40)/b6-5-,9-8-,12-11-,15-14-,18-17-,21-20-. The Morgan fingerprint density at radius 3 is 1.79 bits per heavy atom.